The molecule has 0 amide bonds. The molecule has 0 aliphatic carbocycles. The Morgan fingerprint density at radius 2 is 2.08 bits per heavy atom. The molecule has 1 rings (SSSR count). The first-order chi connectivity index (χ1) is 6.24. The summed E-state index contributed by atoms with van der Waals surface area (Å²) >= 11 is 0. The predicted octanol–water partition coefficient (Wildman–Crippen LogP) is -0.337. The average Bonchev–Trinajstić information content (AvgIpc) is 2.15. The SMILES string of the molecule is [N-]=[NH+]N=CC(=O)c1ccc(O)cc1. The van der Waals surface area contributed by atoms with Gasteiger partial charge in [0.15, 0.2) is 5.78 Å². The molecule has 0 saturated carbocycles. The molecule has 5 heteroatoms. The van der Waals surface area contributed by atoms with Gasteiger partial charge in [-0.15, -0.1) is 0 Å². The van der Waals surface area contributed by atoms with Gasteiger partial charge in [-0.1, -0.05) is 0 Å². The highest BCUT2D eigenvalue weighted by Crippen LogP contribution is 2.09. The van der Waals surface area contributed by atoms with Crippen LogP contribution in [0.4, 0.5) is 0 Å². The van der Waals surface area contributed by atoms with Crippen LogP contribution in [-0.2, 0) is 0 Å². The molecule has 0 bridgehead atoms. The Morgan fingerprint density at radius 3 is 2.62 bits per heavy atom. The third-order valence-corrected chi connectivity index (χ3v) is 1.39. The largest absolute Gasteiger partial charge is 0.508 e. The maximum atomic E-state index is 11.1. The Morgan fingerprint density at radius 1 is 1.46 bits per heavy atom. The third kappa shape index (κ3) is 2.48. The van der Waals surface area contributed by atoms with Crippen molar-refractivity contribution in [2.24, 2.45) is 5.10 Å². The number of benzene rings is 1. The number of nitrogens with one attached hydrogen (secondary N) is 1. The summed E-state index contributed by atoms with van der Waals surface area (Å²) in [5.41, 5.74) is 8.45. The fourth-order valence-electron chi connectivity index (χ4n) is 0.788. The lowest BCUT2D eigenvalue weighted by atomic mass is 10.1. The summed E-state index contributed by atoms with van der Waals surface area (Å²) in [4.78, 5) is 11.1. The van der Waals surface area contributed by atoms with Crippen LogP contribution in [0.1, 0.15) is 10.4 Å². The van der Waals surface area contributed by atoms with Crippen LogP contribution in [0.25, 0.3) is 5.53 Å². The number of aromatic hydroxyl groups is 1. The summed E-state index contributed by atoms with van der Waals surface area (Å²) in [5.74, 6) is -0.268. The minimum absolute atomic E-state index is 0.0915. The van der Waals surface area contributed by atoms with E-state index in [9.17, 15) is 4.79 Å². The van der Waals surface area contributed by atoms with Crippen LogP contribution >= 0.6 is 0 Å². The number of hydrogen-bond acceptors (Lipinski definition) is 2. The van der Waals surface area contributed by atoms with Gasteiger partial charge in [-0.25, -0.2) is 0 Å². The second-order valence-corrected chi connectivity index (χ2v) is 2.27. The first-order valence-electron chi connectivity index (χ1n) is 3.49. The van der Waals surface area contributed by atoms with Crippen LogP contribution in [0.5, 0.6) is 5.75 Å². The molecule has 0 saturated heterocycles. The van der Waals surface area contributed by atoms with Crippen molar-refractivity contribution in [3.8, 4) is 5.75 Å². The fourth-order valence-corrected chi connectivity index (χ4v) is 0.788. The van der Waals surface area contributed by atoms with E-state index >= 15 is 0 Å². The van der Waals surface area contributed by atoms with Gasteiger partial charge in [0.2, 0.25) is 0 Å². The Labute approximate surface area is 74.2 Å². The molecule has 66 valence electrons. The number of carbonyl (C=O) groups is 1. The normalized spacial score (nSPS) is 10.2. The van der Waals surface area contributed by atoms with E-state index in [1.807, 2.05) is 0 Å². The molecule has 2 N–H and O–H groups in total. The molecule has 0 fully saturated rings. The van der Waals surface area contributed by atoms with E-state index in [0.717, 1.165) is 6.21 Å². The lowest BCUT2D eigenvalue weighted by Gasteiger charge is -1.94. The number of phenolic OH excluding ortho intramolecular Hbond substituents is 1. The second-order valence-electron chi connectivity index (χ2n) is 2.27. The first-order valence-corrected chi connectivity index (χ1v) is 3.49. The van der Waals surface area contributed by atoms with E-state index in [1.165, 1.54) is 29.5 Å². The van der Waals surface area contributed by atoms with Gasteiger partial charge in [-0.3, -0.25) is 4.79 Å². The van der Waals surface area contributed by atoms with Gasteiger partial charge < -0.3 is 5.11 Å². The van der Waals surface area contributed by atoms with Gasteiger partial charge in [-0.05, 0) is 24.3 Å². The summed E-state index contributed by atoms with van der Waals surface area (Å²) in [6, 6.07) is 5.71. The Hall–Kier alpha value is -2.04. The minimum atomic E-state index is -0.360. The zero-order chi connectivity index (χ0) is 9.68. The van der Waals surface area contributed by atoms with E-state index in [0.29, 0.717) is 5.56 Å². The molecular formula is C8H7N3O2. The zero-order valence-electron chi connectivity index (χ0n) is 6.64. The summed E-state index contributed by atoms with van der Waals surface area (Å²) < 4.78 is 0. The van der Waals surface area contributed by atoms with E-state index in [1.54, 1.807) is 0 Å². The van der Waals surface area contributed by atoms with Gasteiger partial charge in [0.1, 0.15) is 5.75 Å². The monoisotopic (exact) mass is 177 g/mol. The Bertz CT molecular complexity index is 343. The van der Waals surface area contributed by atoms with Crippen LogP contribution in [0.2, 0.25) is 0 Å². The maximum absolute atomic E-state index is 11.1. The number of phenols is 1. The van der Waals surface area contributed by atoms with Gasteiger partial charge in [0.05, 0.1) is 0 Å². The highest BCUT2D eigenvalue weighted by molar-refractivity contribution is 6.35. The second kappa shape index (κ2) is 4.10. The maximum Gasteiger partial charge on any atom is 0.187 e. The summed E-state index contributed by atoms with van der Waals surface area (Å²) in [5, 5.41) is 13.5. The summed E-state index contributed by atoms with van der Waals surface area (Å²) in [7, 11) is 0. The van der Waals surface area contributed by atoms with E-state index in [4.69, 9.17) is 10.6 Å². The van der Waals surface area contributed by atoms with Crippen molar-refractivity contribution in [1.82, 2.24) is 0 Å². The van der Waals surface area contributed by atoms with Gasteiger partial charge in [0, 0.05) is 11.8 Å². The van der Waals surface area contributed by atoms with Crippen molar-refractivity contribution in [1.29, 1.82) is 0 Å². The average molecular weight is 177 g/mol. The van der Waals surface area contributed by atoms with Gasteiger partial charge in [-0.2, -0.15) is 15.9 Å². The molecule has 5 nitrogen and oxygen atoms in total. The van der Waals surface area contributed by atoms with E-state index < -0.39 is 0 Å². The molecule has 1 aromatic carbocycles. The number of rotatable bonds is 3. The molecule has 0 radical (unpaired) electrons. The predicted molar refractivity (Wildman–Crippen MR) is 45.3 cm³/mol. The van der Waals surface area contributed by atoms with Crippen molar-refractivity contribution < 1.29 is 15.1 Å². The number of hydrogen-bond donors (Lipinski definition) is 2. The van der Waals surface area contributed by atoms with E-state index in [-0.39, 0.29) is 11.5 Å². The standard InChI is InChI=1S/C8H7N3O2/c9-11-10-5-8(13)6-1-3-7(12)4-2-6/h1-5,11-12H. The smallest absolute Gasteiger partial charge is 0.187 e. The van der Waals surface area contributed by atoms with Crippen LogP contribution in [0, 0.1) is 0 Å². The molecule has 0 heterocycles. The molecule has 0 unspecified atom stereocenters. The van der Waals surface area contributed by atoms with Crippen LogP contribution in [0.15, 0.2) is 29.4 Å². The Kier molecular flexibility index (Phi) is 2.86. The first kappa shape index (κ1) is 9.05. The molecule has 0 aliphatic heterocycles. The lowest BCUT2D eigenvalue weighted by molar-refractivity contribution is -0.485. The van der Waals surface area contributed by atoms with Crippen molar-refractivity contribution >= 4 is 12.0 Å². The highest BCUT2D eigenvalue weighted by atomic mass is 16.3. The summed E-state index contributed by atoms with van der Waals surface area (Å²) in [6.45, 7) is 0. The van der Waals surface area contributed by atoms with Crippen LogP contribution in [0.3, 0.4) is 0 Å². The van der Waals surface area contributed by atoms with Gasteiger partial charge >= 0.3 is 0 Å². The number of Topliss-reactive ketones (excluding diaryl/α,β-unsaturated/α-hetero) is 1. The van der Waals surface area contributed by atoms with Gasteiger partial charge in [0.25, 0.3) is 0 Å². The van der Waals surface area contributed by atoms with Crippen LogP contribution in [-0.4, -0.2) is 17.1 Å². The number of carbonyl (C=O) groups excluding carboxylic acids is 1. The Balaban J connectivity index is 2.83. The molecule has 13 heavy (non-hydrogen) atoms. The van der Waals surface area contributed by atoms with Crippen LogP contribution < -0.4 is 5.22 Å². The molecule has 1 aromatic rings. The lowest BCUT2D eigenvalue weighted by Crippen LogP contribution is -2.54. The van der Waals surface area contributed by atoms with Crippen molar-refractivity contribution in [3.05, 3.63) is 35.4 Å². The molecule has 0 aromatic heterocycles. The highest BCUT2D eigenvalue weighted by Gasteiger charge is 1.99. The molecule has 0 aliphatic rings. The molecule has 0 atom stereocenters. The summed E-state index contributed by atoms with van der Waals surface area (Å²) in [6.07, 6.45) is 0.937. The third-order valence-electron chi connectivity index (χ3n) is 1.39. The van der Waals surface area contributed by atoms with E-state index in [2.05, 4.69) is 5.10 Å². The fraction of sp³-hybridized carbons (Fsp3) is 0. The number of nitrogens with zero attached hydrogens (tertiary/aromatic N) is 2. The molecular weight excluding hydrogens is 170 g/mol. The van der Waals surface area contributed by atoms with Crippen molar-refractivity contribution in [2.75, 3.05) is 0 Å². The number of ketones is 1. The quantitative estimate of drug-likeness (QED) is 0.286. The van der Waals surface area contributed by atoms with Crippen molar-refractivity contribution in [3.63, 3.8) is 0 Å². The number of hydrazone groups is 1. The molecule has 0 spiro atoms. The topological polar surface area (TPSA) is 85.9 Å². The van der Waals surface area contributed by atoms with Crippen molar-refractivity contribution in [2.45, 2.75) is 0 Å². The zero-order valence-corrected chi connectivity index (χ0v) is 6.64. The minimum Gasteiger partial charge on any atom is -0.508 e.